The Balaban J connectivity index is 0.00000169. The number of hydrogen-bond donors (Lipinski definition) is 1. The summed E-state index contributed by atoms with van der Waals surface area (Å²) in [6.45, 7) is 2.45. The van der Waals surface area contributed by atoms with Crippen molar-refractivity contribution in [3.8, 4) is 0 Å². The lowest BCUT2D eigenvalue weighted by atomic mass is 10.3. The summed E-state index contributed by atoms with van der Waals surface area (Å²) in [7, 11) is 1.69. The number of esters is 1. The molecule has 0 aliphatic carbocycles. The molecule has 1 aromatic heterocycles. The van der Waals surface area contributed by atoms with Crippen molar-refractivity contribution in [2.45, 2.75) is 13.5 Å². The highest BCUT2D eigenvalue weighted by molar-refractivity contribution is 5.87. The van der Waals surface area contributed by atoms with E-state index in [-0.39, 0.29) is 18.4 Å². The van der Waals surface area contributed by atoms with Crippen LogP contribution in [0.25, 0.3) is 0 Å². The van der Waals surface area contributed by atoms with Crippen LogP contribution < -0.4 is 5.73 Å². The quantitative estimate of drug-likeness (QED) is 0.751. The van der Waals surface area contributed by atoms with E-state index in [1.165, 1.54) is 4.68 Å². The molecule has 0 aromatic carbocycles. The summed E-state index contributed by atoms with van der Waals surface area (Å²) in [5, 5.41) is 4.02. The van der Waals surface area contributed by atoms with Crippen LogP contribution in [0.4, 0.5) is 0 Å². The number of carbonyl (C=O) groups is 1. The minimum absolute atomic E-state index is 0. The molecule has 6 heteroatoms. The number of rotatable bonds is 3. The third-order valence-electron chi connectivity index (χ3n) is 1.62. The van der Waals surface area contributed by atoms with Gasteiger partial charge >= 0.3 is 5.97 Å². The minimum atomic E-state index is -0.364. The van der Waals surface area contributed by atoms with Crippen molar-refractivity contribution in [1.82, 2.24) is 9.78 Å². The number of hydrogen-bond acceptors (Lipinski definition) is 4. The summed E-state index contributed by atoms with van der Waals surface area (Å²) in [6.07, 6.45) is 0. The second-order valence-corrected chi connectivity index (χ2v) is 2.57. The number of carbonyl (C=O) groups excluding carboxylic acids is 1. The van der Waals surface area contributed by atoms with Crippen LogP contribution >= 0.6 is 12.4 Å². The van der Waals surface area contributed by atoms with Crippen molar-refractivity contribution in [2.75, 3.05) is 6.61 Å². The molecule has 2 N–H and O–H groups in total. The van der Waals surface area contributed by atoms with Gasteiger partial charge in [0.05, 0.1) is 12.3 Å². The Kier molecular flexibility index (Phi) is 5.19. The van der Waals surface area contributed by atoms with Crippen LogP contribution in [0.3, 0.4) is 0 Å². The van der Waals surface area contributed by atoms with E-state index in [2.05, 4.69) is 5.10 Å². The Bertz CT molecular complexity index is 312. The maximum absolute atomic E-state index is 11.3. The van der Waals surface area contributed by atoms with Crippen LogP contribution in [0, 0.1) is 0 Å². The topological polar surface area (TPSA) is 70.1 Å². The molecule has 1 rings (SSSR count). The van der Waals surface area contributed by atoms with Crippen molar-refractivity contribution >= 4 is 18.4 Å². The zero-order valence-electron chi connectivity index (χ0n) is 8.19. The summed E-state index contributed by atoms with van der Waals surface area (Å²) in [5.41, 5.74) is 6.50. The first-order valence-corrected chi connectivity index (χ1v) is 4.09. The lowest BCUT2D eigenvalue weighted by molar-refractivity contribution is 0.0513. The first-order valence-electron chi connectivity index (χ1n) is 4.09. The Morgan fingerprint density at radius 1 is 1.71 bits per heavy atom. The zero-order valence-corrected chi connectivity index (χ0v) is 9.00. The van der Waals surface area contributed by atoms with Gasteiger partial charge in [0.2, 0.25) is 0 Å². The molecule has 0 aliphatic rings. The normalized spacial score (nSPS) is 9.36. The molecule has 0 atom stereocenters. The van der Waals surface area contributed by atoms with E-state index in [0.717, 1.165) is 0 Å². The van der Waals surface area contributed by atoms with Crippen molar-refractivity contribution in [3.63, 3.8) is 0 Å². The molecule has 0 unspecified atom stereocenters. The van der Waals surface area contributed by atoms with E-state index in [0.29, 0.717) is 24.5 Å². The maximum Gasteiger partial charge on any atom is 0.356 e. The second-order valence-electron chi connectivity index (χ2n) is 2.57. The van der Waals surface area contributed by atoms with Gasteiger partial charge in [0, 0.05) is 13.6 Å². The molecule has 1 heterocycles. The number of nitrogens with two attached hydrogens (primary N) is 1. The van der Waals surface area contributed by atoms with Gasteiger partial charge in [-0.15, -0.1) is 12.4 Å². The van der Waals surface area contributed by atoms with Gasteiger partial charge in [-0.25, -0.2) is 4.79 Å². The molecule has 0 bridgehead atoms. The van der Waals surface area contributed by atoms with E-state index >= 15 is 0 Å². The molecule has 0 amide bonds. The first-order chi connectivity index (χ1) is 6.19. The Labute approximate surface area is 88.6 Å². The molecule has 1 aromatic rings. The highest BCUT2D eigenvalue weighted by atomic mass is 35.5. The number of ether oxygens (including phenoxy) is 1. The van der Waals surface area contributed by atoms with Crippen LogP contribution in [0.5, 0.6) is 0 Å². The van der Waals surface area contributed by atoms with Gasteiger partial charge in [0.15, 0.2) is 0 Å². The Morgan fingerprint density at radius 3 is 2.79 bits per heavy atom. The highest BCUT2D eigenvalue weighted by Gasteiger charge is 2.12. The third kappa shape index (κ3) is 2.71. The average Bonchev–Trinajstić information content (AvgIpc) is 2.47. The summed E-state index contributed by atoms with van der Waals surface area (Å²) in [5.74, 6) is -0.364. The average molecular weight is 220 g/mol. The van der Waals surface area contributed by atoms with Crippen LogP contribution in [0.15, 0.2) is 6.07 Å². The Hall–Kier alpha value is -1.07. The maximum atomic E-state index is 11.3. The van der Waals surface area contributed by atoms with E-state index < -0.39 is 0 Å². The molecule has 0 fully saturated rings. The van der Waals surface area contributed by atoms with Gasteiger partial charge in [-0.05, 0) is 13.0 Å². The number of halogens is 1. The molecule has 5 nitrogen and oxygen atoms in total. The SMILES string of the molecule is CCOC(=O)c1cc(CN)nn1C.Cl. The van der Waals surface area contributed by atoms with Gasteiger partial charge in [-0.2, -0.15) is 5.10 Å². The number of nitrogens with zero attached hydrogens (tertiary/aromatic N) is 2. The van der Waals surface area contributed by atoms with Crippen molar-refractivity contribution in [3.05, 3.63) is 17.5 Å². The lowest BCUT2D eigenvalue weighted by Gasteiger charge is -1.99. The van der Waals surface area contributed by atoms with Crippen LogP contribution in [0.1, 0.15) is 23.1 Å². The largest absolute Gasteiger partial charge is 0.461 e. The lowest BCUT2D eigenvalue weighted by Crippen LogP contribution is -2.10. The summed E-state index contributed by atoms with van der Waals surface area (Å²) in [4.78, 5) is 11.3. The predicted molar refractivity (Wildman–Crippen MR) is 54.3 cm³/mol. The molecule has 14 heavy (non-hydrogen) atoms. The van der Waals surface area contributed by atoms with Crippen LogP contribution in [-0.2, 0) is 18.3 Å². The van der Waals surface area contributed by atoms with Crippen molar-refractivity contribution in [1.29, 1.82) is 0 Å². The zero-order chi connectivity index (χ0) is 9.84. The van der Waals surface area contributed by atoms with E-state index in [1.807, 2.05) is 0 Å². The molecule has 0 radical (unpaired) electrons. The van der Waals surface area contributed by atoms with Crippen molar-refractivity contribution < 1.29 is 9.53 Å². The van der Waals surface area contributed by atoms with E-state index in [9.17, 15) is 4.79 Å². The molecule has 0 aliphatic heterocycles. The molecule has 0 saturated carbocycles. The predicted octanol–water partition coefficient (Wildman–Crippen LogP) is 0.477. The standard InChI is InChI=1S/C8H13N3O2.ClH/c1-3-13-8(12)7-4-6(5-9)10-11(7)2;/h4H,3,5,9H2,1-2H3;1H. The van der Waals surface area contributed by atoms with E-state index in [4.69, 9.17) is 10.5 Å². The van der Waals surface area contributed by atoms with Gasteiger partial charge in [-0.3, -0.25) is 4.68 Å². The van der Waals surface area contributed by atoms with Crippen LogP contribution in [-0.4, -0.2) is 22.4 Å². The monoisotopic (exact) mass is 219 g/mol. The van der Waals surface area contributed by atoms with Crippen molar-refractivity contribution in [2.24, 2.45) is 12.8 Å². The fourth-order valence-corrected chi connectivity index (χ4v) is 1.02. The highest BCUT2D eigenvalue weighted by Crippen LogP contribution is 2.03. The summed E-state index contributed by atoms with van der Waals surface area (Å²) in [6, 6.07) is 1.64. The number of aromatic nitrogens is 2. The molecule has 0 spiro atoms. The number of aryl methyl sites for hydroxylation is 1. The Morgan fingerprint density at radius 2 is 2.36 bits per heavy atom. The van der Waals surface area contributed by atoms with Gasteiger partial charge < -0.3 is 10.5 Å². The van der Waals surface area contributed by atoms with Gasteiger partial charge in [0.1, 0.15) is 5.69 Å². The minimum Gasteiger partial charge on any atom is -0.461 e. The molecule has 80 valence electrons. The second kappa shape index (κ2) is 5.62. The molecular formula is C8H14ClN3O2. The first kappa shape index (κ1) is 12.9. The third-order valence-corrected chi connectivity index (χ3v) is 1.62. The summed E-state index contributed by atoms with van der Waals surface area (Å²) < 4.78 is 6.30. The molecule has 0 saturated heterocycles. The fourth-order valence-electron chi connectivity index (χ4n) is 1.02. The van der Waals surface area contributed by atoms with E-state index in [1.54, 1.807) is 20.0 Å². The fraction of sp³-hybridized carbons (Fsp3) is 0.500. The van der Waals surface area contributed by atoms with Crippen LogP contribution in [0.2, 0.25) is 0 Å². The smallest absolute Gasteiger partial charge is 0.356 e. The molecular weight excluding hydrogens is 206 g/mol. The summed E-state index contributed by atoms with van der Waals surface area (Å²) >= 11 is 0. The van der Waals surface area contributed by atoms with Gasteiger partial charge in [0.25, 0.3) is 0 Å². The van der Waals surface area contributed by atoms with Gasteiger partial charge in [-0.1, -0.05) is 0 Å².